The van der Waals surface area contributed by atoms with Crippen molar-refractivity contribution in [1.82, 2.24) is 14.9 Å². The first-order valence-electron chi connectivity index (χ1n) is 12.9. The lowest BCUT2D eigenvalue weighted by atomic mass is 10.0. The standard InChI is InChI=1S/C30H31FN6O2/c1-3-28(39)33-23-8-4-6-21(16-23)25-9-5-7-22-18-32-30(35-29(22)25)34-27-11-10-24(17-26(27)31)37-14-12-36(13-15-37)19-20(2)38/h3-11,16-18,20,38H,1,12-15,19H2,2H3,(H,33,39)(H,32,34,35). The molecule has 39 heavy (non-hydrogen) atoms. The molecule has 0 saturated carbocycles. The third kappa shape index (κ3) is 6.22. The quantitative estimate of drug-likeness (QED) is 0.284. The van der Waals surface area contributed by atoms with Crippen molar-refractivity contribution in [2.45, 2.75) is 13.0 Å². The van der Waals surface area contributed by atoms with Gasteiger partial charge >= 0.3 is 0 Å². The molecule has 0 spiro atoms. The Kier molecular flexibility index (Phi) is 7.81. The van der Waals surface area contributed by atoms with E-state index >= 15 is 4.39 Å². The minimum absolute atomic E-state index is 0.282. The molecule has 1 amide bonds. The number of hydrogen-bond acceptors (Lipinski definition) is 7. The van der Waals surface area contributed by atoms with E-state index in [1.165, 1.54) is 12.1 Å². The molecule has 1 atom stereocenters. The Morgan fingerprint density at radius 2 is 1.92 bits per heavy atom. The molecule has 8 nitrogen and oxygen atoms in total. The van der Waals surface area contributed by atoms with E-state index in [0.717, 1.165) is 48.4 Å². The number of hydrogen-bond donors (Lipinski definition) is 3. The number of halogens is 1. The molecular weight excluding hydrogens is 495 g/mol. The van der Waals surface area contributed by atoms with Gasteiger partial charge < -0.3 is 20.6 Å². The fraction of sp³-hybridized carbons (Fsp3) is 0.233. The fourth-order valence-corrected chi connectivity index (χ4v) is 4.79. The first kappa shape index (κ1) is 26.3. The van der Waals surface area contributed by atoms with Gasteiger partial charge in [-0.1, -0.05) is 36.9 Å². The van der Waals surface area contributed by atoms with Gasteiger partial charge in [0.15, 0.2) is 0 Å². The summed E-state index contributed by atoms with van der Waals surface area (Å²) in [6.45, 7) is 9.12. The molecule has 0 radical (unpaired) electrons. The number of nitrogens with zero attached hydrogens (tertiary/aromatic N) is 4. The van der Waals surface area contributed by atoms with Crippen LogP contribution in [0.15, 0.2) is 79.5 Å². The van der Waals surface area contributed by atoms with Gasteiger partial charge in [0.05, 0.1) is 17.3 Å². The first-order valence-corrected chi connectivity index (χ1v) is 12.9. The summed E-state index contributed by atoms with van der Waals surface area (Å²) in [6.07, 6.45) is 2.57. The second-order valence-corrected chi connectivity index (χ2v) is 9.64. The lowest BCUT2D eigenvalue weighted by Gasteiger charge is -2.36. The number of nitrogens with one attached hydrogen (secondary N) is 2. The van der Waals surface area contributed by atoms with Gasteiger partial charge in [-0.05, 0) is 48.9 Å². The molecule has 0 bridgehead atoms. The molecule has 1 unspecified atom stereocenters. The van der Waals surface area contributed by atoms with Gasteiger partial charge in [0, 0.05) is 61.2 Å². The highest BCUT2D eigenvalue weighted by molar-refractivity contribution is 6.00. The van der Waals surface area contributed by atoms with Gasteiger partial charge in [-0.15, -0.1) is 0 Å². The number of anilines is 4. The number of piperazine rings is 1. The van der Waals surface area contributed by atoms with Gasteiger partial charge in [0.2, 0.25) is 11.9 Å². The minimum Gasteiger partial charge on any atom is -0.392 e. The van der Waals surface area contributed by atoms with Crippen LogP contribution in [0, 0.1) is 5.82 Å². The summed E-state index contributed by atoms with van der Waals surface area (Å²) in [5.74, 6) is -0.392. The number of amides is 1. The van der Waals surface area contributed by atoms with Crippen molar-refractivity contribution in [2.75, 3.05) is 48.3 Å². The van der Waals surface area contributed by atoms with Crippen LogP contribution in [0.4, 0.5) is 27.4 Å². The normalized spacial score (nSPS) is 14.7. The average Bonchev–Trinajstić information content (AvgIpc) is 2.94. The van der Waals surface area contributed by atoms with Crippen molar-refractivity contribution >= 4 is 39.8 Å². The number of fused-ring (bicyclic) bond motifs is 1. The van der Waals surface area contributed by atoms with Crippen LogP contribution in [0.3, 0.4) is 0 Å². The zero-order chi connectivity index (χ0) is 27.4. The van der Waals surface area contributed by atoms with Crippen LogP contribution in [0.25, 0.3) is 22.0 Å². The van der Waals surface area contributed by atoms with E-state index < -0.39 is 0 Å². The fourth-order valence-electron chi connectivity index (χ4n) is 4.79. The van der Waals surface area contributed by atoms with E-state index in [1.807, 2.05) is 42.5 Å². The zero-order valence-corrected chi connectivity index (χ0v) is 21.8. The summed E-state index contributed by atoms with van der Waals surface area (Å²) in [4.78, 5) is 25.2. The number of para-hydroxylation sites is 1. The molecule has 200 valence electrons. The minimum atomic E-state index is -0.387. The highest BCUT2D eigenvalue weighted by atomic mass is 19.1. The van der Waals surface area contributed by atoms with E-state index in [9.17, 15) is 9.90 Å². The molecule has 1 aromatic heterocycles. The number of aliphatic hydroxyl groups excluding tert-OH is 1. The summed E-state index contributed by atoms with van der Waals surface area (Å²) in [5, 5.41) is 16.3. The second-order valence-electron chi connectivity index (χ2n) is 9.64. The molecule has 4 aromatic rings. The van der Waals surface area contributed by atoms with Crippen LogP contribution in [-0.2, 0) is 4.79 Å². The molecule has 1 aliphatic heterocycles. The number of aliphatic hydroxyl groups is 1. The smallest absolute Gasteiger partial charge is 0.247 e. The lowest BCUT2D eigenvalue weighted by molar-refractivity contribution is -0.111. The van der Waals surface area contributed by atoms with Crippen molar-refractivity contribution in [2.24, 2.45) is 0 Å². The Hall–Kier alpha value is -4.34. The van der Waals surface area contributed by atoms with E-state index in [4.69, 9.17) is 4.98 Å². The van der Waals surface area contributed by atoms with Crippen LogP contribution in [0.2, 0.25) is 0 Å². The van der Waals surface area contributed by atoms with Crippen molar-refractivity contribution in [3.63, 3.8) is 0 Å². The van der Waals surface area contributed by atoms with Gasteiger partial charge in [-0.2, -0.15) is 0 Å². The maximum Gasteiger partial charge on any atom is 0.247 e. The first-order chi connectivity index (χ1) is 18.9. The van der Waals surface area contributed by atoms with E-state index in [-0.39, 0.29) is 29.5 Å². The summed E-state index contributed by atoms with van der Waals surface area (Å²) in [6, 6.07) is 18.4. The summed E-state index contributed by atoms with van der Waals surface area (Å²) in [5.41, 5.74) is 4.19. The van der Waals surface area contributed by atoms with Crippen LogP contribution >= 0.6 is 0 Å². The van der Waals surface area contributed by atoms with Gasteiger partial charge in [0.25, 0.3) is 0 Å². The number of carbonyl (C=O) groups excluding carboxylic acids is 1. The summed E-state index contributed by atoms with van der Waals surface area (Å²) < 4.78 is 15.1. The molecule has 1 aliphatic rings. The number of benzene rings is 3. The van der Waals surface area contributed by atoms with E-state index in [1.54, 1.807) is 25.3 Å². The molecule has 1 saturated heterocycles. The monoisotopic (exact) mass is 526 g/mol. The van der Waals surface area contributed by atoms with Crippen molar-refractivity contribution in [3.8, 4) is 11.1 Å². The van der Waals surface area contributed by atoms with E-state index in [2.05, 4.69) is 32.0 Å². The highest BCUT2D eigenvalue weighted by Crippen LogP contribution is 2.31. The molecule has 3 N–H and O–H groups in total. The molecule has 2 heterocycles. The van der Waals surface area contributed by atoms with Crippen molar-refractivity contribution in [1.29, 1.82) is 0 Å². The third-order valence-electron chi connectivity index (χ3n) is 6.70. The lowest BCUT2D eigenvalue weighted by Crippen LogP contribution is -2.48. The number of carbonyl (C=O) groups is 1. The number of aromatic nitrogens is 2. The number of rotatable bonds is 8. The molecule has 9 heteroatoms. The topological polar surface area (TPSA) is 93.6 Å². The summed E-state index contributed by atoms with van der Waals surface area (Å²) >= 11 is 0. The maximum atomic E-state index is 15.1. The van der Waals surface area contributed by atoms with Gasteiger partial charge in [-0.25, -0.2) is 14.4 Å². The van der Waals surface area contributed by atoms with Crippen LogP contribution in [0.1, 0.15) is 6.92 Å². The highest BCUT2D eigenvalue weighted by Gasteiger charge is 2.19. The summed E-state index contributed by atoms with van der Waals surface area (Å²) in [7, 11) is 0. The van der Waals surface area contributed by atoms with Crippen LogP contribution in [-0.4, -0.2) is 64.7 Å². The maximum absolute atomic E-state index is 15.1. The predicted molar refractivity (Wildman–Crippen MR) is 154 cm³/mol. The average molecular weight is 527 g/mol. The Bertz CT molecular complexity index is 1500. The van der Waals surface area contributed by atoms with Crippen molar-refractivity contribution < 1.29 is 14.3 Å². The van der Waals surface area contributed by atoms with Crippen molar-refractivity contribution in [3.05, 3.63) is 85.3 Å². The Labute approximate surface area is 226 Å². The van der Waals surface area contributed by atoms with Gasteiger partial charge in [0.1, 0.15) is 5.82 Å². The molecular formula is C30H31FN6O2. The molecule has 1 fully saturated rings. The Morgan fingerprint density at radius 1 is 1.13 bits per heavy atom. The van der Waals surface area contributed by atoms with Crippen LogP contribution < -0.4 is 15.5 Å². The molecule has 0 aliphatic carbocycles. The Morgan fingerprint density at radius 3 is 2.67 bits per heavy atom. The molecule has 5 rings (SSSR count). The molecule has 3 aromatic carbocycles. The van der Waals surface area contributed by atoms with Gasteiger partial charge in [-0.3, -0.25) is 9.69 Å². The Balaban J connectivity index is 1.35. The largest absolute Gasteiger partial charge is 0.392 e. The third-order valence-corrected chi connectivity index (χ3v) is 6.70. The second kappa shape index (κ2) is 11.6. The number of β-amino-alcohol motifs (C(OH)–C–C–N with tert-alkyl or cyclic N) is 1. The SMILES string of the molecule is C=CC(=O)Nc1cccc(-c2cccc3cnc(Nc4ccc(N5CCN(CC(C)O)CC5)cc4F)nc23)c1. The predicted octanol–water partition coefficient (Wildman–Crippen LogP) is 4.81. The zero-order valence-electron chi connectivity index (χ0n) is 21.8. The van der Waals surface area contributed by atoms with E-state index in [0.29, 0.717) is 17.7 Å². The van der Waals surface area contributed by atoms with Crippen LogP contribution in [0.5, 0.6) is 0 Å².